The van der Waals surface area contributed by atoms with Gasteiger partial charge in [-0.25, -0.2) is 0 Å². The third kappa shape index (κ3) is 6.63. The smallest absolute Gasteiger partial charge is 0.0719 e. The van der Waals surface area contributed by atoms with Crippen molar-refractivity contribution in [1.82, 2.24) is 5.06 Å². The monoisotopic (exact) mass is 495 g/mol. The Morgan fingerprint density at radius 2 is 1.31 bits per heavy atom. The molecule has 0 bridgehead atoms. The lowest BCUT2D eigenvalue weighted by molar-refractivity contribution is -0.282. The Morgan fingerprint density at radius 1 is 0.806 bits per heavy atom. The quantitative estimate of drug-likeness (QED) is 0.252. The van der Waals surface area contributed by atoms with Crippen LogP contribution >= 0.6 is 0 Å². The van der Waals surface area contributed by atoms with E-state index in [1.165, 1.54) is 56.9 Å². The summed E-state index contributed by atoms with van der Waals surface area (Å²) in [7, 11) is 0. The zero-order chi connectivity index (χ0) is 25.8. The van der Waals surface area contributed by atoms with E-state index < -0.39 is 0 Å². The number of benzene rings is 1. The van der Waals surface area contributed by atoms with Crippen LogP contribution in [0.3, 0.4) is 0 Å². The molecular weight excluding hydrogens is 442 g/mol. The second-order valence-electron chi connectivity index (χ2n) is 13.2. The first kappa shape index (κ1) is 27.9. The fraction of sp³-hybridized carbons (Fsp3) is 0.758. The molecule has 3 heteroatoms. The van der Waals surface area contributed by atoms with Crippen LogP contribution in [0.25, 0.3) is 0 Å². The van der Waals surface area contributed by atoms with Crippen molar-refractivity contribution in [3.05, 3.63) is 48.0 Å². The summed E-state index contributed by atoms with van der Waals surface area (Å²) in [5, 5.41) is 2.27. The SMILES string of the molecule is C=CCCON1C(C)(C)CC(c2ccc(C3CCC(C4CCC(OCC)CC4)CC3)cc2)CC1(C)C. The maximum absolute atomic E-state index is 6.26. The van der Waals surface area contributed by atoms with E-state index in [1.54, 1.807) is 5.56 Å². The summed E-state index contributed by atoms with van der Waals surface area (Å²) < 4.78 is 5.88. The standard InChI is InChI=1S/C33H53NO2/c1-7-9-22-36-34-32(3,4)23-30(24-33(34,5)6)29-16-14-26(15-17-29)25-10-12-27(13-11-25)28-18-20-31(21-19-28)35-8-2/h7,14-17,25,27-28,30-31H,1,8-13,18-24H2,2-6H3. The van der Waals surface area contributed by atoms with Gasteiger partial charge in [0.1, 0.15) is 0 Å². The molecule has 1 saturated heterocycles. The maximum Gasteiger partial charge on any atom is 0.0719 e. The normalized spacial score (nSPS) is 31.2. The molecule has 2 aliphatic carbocycles. The van der Waals surface area contributed by atoms with Gasteiger partial charge in [-0.3, -0.25) is 4.84 Å². The second kappa shape index (κ2) is 12.1. The van der Waals surface area contributed by atoms with Crippen LogP contribution in [0.1, 0.15) is 128 Å². The number of rotatable bonds is 9. The molecule has 3 aliphatic rings. The molecule has 3 fully saturated rings. The Hall–Kier alpha value is -1.16. The Bertz CT molecular complexity index is 795. The van der Waals surface area contributed by atoms with E-state index in [9.17, 15) is 0 Å². The van der Waals surface area contributed by atoms with Crippen LogP contribution in [0, 0.1) is 11.8 Å². The first-order valence-corrected chi connectivity index (χ1v) is 15.0. The minimum absolute atomic E-state index is 0.00639. The van der Waals surface area contributed by atoms with Crippen LogP contribution in [-0.2, 0) is 9.57 Å². The fourth-order valence-corrected chi connectivity index (χ4v) is 8.00. The lowest BCUT2D eigenvalue weighted by Gasteiger charge is -2.54. The van der Waals surface area contributed by atoms with E-state index in [-0.39, 0.29) is 11.1 Å². The number of nitrogens with zero attached hydrogens (tertiary/aromatic N) is 1. The number of hydrogen-bond donors (Lipinski definition) is 0. The average molecular weight is 496 g/mol. The molecule has 0 aromatic heterocycles. The molecule has 1 aromatic carbocycles. The van der Waals surface area contributed by atoms with Crippen molar-refractivity contribution >= 4 is 0 Å². The average Bonchev–Trinajstić information content (AvgIpc) is 2.86. The zero-order valence-corrected chi connectivity index (χ0v) is 23.9. The summed E-state index contributed by atoms with van der Waals surface area (Å²) in [6, 6.07) is 9.81. The Labute approximate surface area is 222 Å². The van der Waals surface area contributed by atoms with Gasteiger partial charge >= 0.3 is 0 Å². The minimum atomic E-state index is 0.00639. The van der Waals surface area contributed by atoms with Crippen molar-refractivity contribution in [3.8, 4) is 0 Å². The van der Waals surface area contributed by atoms with Gasteiger partial charge < -0.3 is 4.74 Å². The fourth-order valence-electron chi connectivity index (χ4n) is 8.00. The highest BCUT2D eigenvalue weighted by atomic mass is 16.7. The van der Waals surface area contributed by atoms with E-state index in [1.807, 2.05) is 6.08 Å². The molecule has 2 saturated carbocycles. The summed E-state index contributed by atoms with van der Waals surface area (Å²) >= 11 is 0. The van der Waals surface area contributed by atoms with E-state index in [4.69, 9.17) is 9.57 Å². The van der Waals surface area contributed by atoms with Gasteiger partial charge in [0, 0.05) is 17.7 Å². The van der Waals surface area contributed by atoms with Gasteiger partial charge in [0.15, 0.2) is 0 Å². The van der Waals surface area contributed by atoms with Gasteiger partial charge in [-0.1, -0.05) is 30.3 Å². The molecule has 3 nitrogen and oxygen atoms in total. The van der Waals surface area contributed by atoms with Gasteiger partial charge in [0.2, 0.25) is 0 Å². The number of piperidine rings is 1. The van der Waals surface area contributed by atoms with Crippen molar-refractivity contribution in [3.63, 3.8) is 0 Å². The second-order valence-corrected chi connectivity index (χ2v) is 13.2. The molecule has 0 N–H and O–H groups in total. The molecule has 202 valence electrons. The van der Waals surface area contributed by atoms with Crippen molar-refractivity contribution in [2.24, 2.45) is 11.8 Å². The Kier molecular flexibility index (Phi) is 9.39. The van der Waals surface area contributed by atoms with Crippen molar-refractivity contribution in [2.75, 3.05) is 13.2 Å². The number of hydroxylamine groups is 2. The van der Waals surface area contributed by atoms with Crippen molar-refractivity contribution in [2.45, 2.75) is 134 Å². The summed E-state index contributed by atoms with van der Waals surface area (Å²) in [6.45, 7) is 16.9. The highest BCUT2D eigenvalue weighted by molar-refractivity contribution is 5.29. The summed E-state index contributed by atoms with van der Waals surface area (Å²) in [5.74, 6) is 3.23. The topological polar surface area (TPSA) is 21.7 Å². The van der Waals surface area contributed by atoms with Crippen molar-refractivity contribution in [1.29, 1.82) is 0 Å². The molecule has 4 rings (SSSR count). The van der Waals surface area contributed by atoms with Gasteiger partial charge in [0.05, 0.1) is 12.7 Å². The van der Waals surface area contributed by atoms with Gasteiger partial charge in [0.25, 0.3) is 0 Å². The van der Waals surface area contributed by atoms with Crippen LogP contribution in [-0.4, -0.2) is 35.5 Å². The molecule has 0 radical (unpaired) electrons. The molecule has 36 heavy (non-hydrogen) atoms. The molecule has 0 atom stereocenters. The summed E-state index contributed by atoms with van der Waals surface area (Å²) in [5.41, 5.74) is 3.09. The summed E-state index contributed by atoms with van der Waals surface area (Å²) in [4.78, 5) is 6.26. The van der Waals surface area contributed by atoms with Crippen LogP contribution in [0.15, 0.2) is 36.9 Å². The van der Waals surface area contributed by atoms with Crippen LogP contribution in [0.4, 0.5) is 0 Å². The van der Waals surface area contributed by atoms with E-state index in [0.717, 1.165) is 43.6 Å². The zero-order valence-electron chi connectivity index (χ0n) is 23.9. The molecule has 0 amide bonds. The molecule has 1 aliphatic heterocycles. The largest absolute Gasteiger partial charge is 0.379 e. The van der Waals surface area contributed by atoms with E-state index in [2.05, 4.69) is 70.5 Å². The molecule has 1 aromatic rings. The predicted octanol–water partition coefficient (Wildman–Crippen LogP) is 8.80. The first-order chi connectivity index (χ1) is 17.2. The lowest BCUT2D eigenvalue weighted by atomic mass is 9.69. The lowest BCUT2D eigenvalue weighted by Crippen LogP contribution is -2.59. The van der Waals surface area contributed by atoms with Gasteiger partial charge in [-0.05, 0) is 140 Å². The maximum atomic E-state index is 6.26. The van der Waals surface area contributed by atoms with Crippen LogP contribution in [0.2, 0.25) is 0 Å². The summed E-state index contributed by atoms with van der Waals surface area (Å²) in [6.07, 6.45) is 16.5. The first-order valence-electron chi connectivity index (χ1n) is 15.0. The van der Waals surface area contributed by atoms with E-state index in [0.29, 0.717) is 18.6 Å². The van der Waals surface area contributed by atoms with Crippen LogP contribution in [0.5, 0.6) is 0 Å². The van der Waals surface area contributed by atoms with Gasteiger partial charge in [-0.15, -0.1) is 6.58 Å². The van der Waals surface area contributed by atoms with Crippen molar-refractivity contribution < 1.29 is 9.57 Å². The Morgan fingerprint density at radius 3 is 1.81 bits per heavy atom. The number of hydrogen-bond acceptors (Lipinski definition) is 3. The highest BCUT2D eigenvalue weighted by Gasteiger charge is 2.46. The number of ether oxygens (including phenoxy) is 1. The third-order valence-electron chi connectivity index (χ3n) is 9.57. The molecule has 0 spiro atoms. The molecule has 0 unspecified atom stereocenters. The predicted molar refractivity (Wildman–Crippen MR) is 151 cm³/mol. The van der Waals surface area contributed by atoms with E-state index >= 15 is 0 Å². The third-order valence-corrected chi connectivity index (χ3v) is 9.57. The molecular formula is C33H53NO2. The Balaban J connectivity index is 1.31. The molecule has 1 heterocycles. The highest BCUT2D eigenvalue weighted by Crippen LogP contribution is 2.47. The van der Waals surface area contributed by atoms with Crippen LogP contribution < -0.4 is 0 Å². The minimum Gasteiger partial charge on any atom is -0.379 e. The van der Waals surface area contributed by atoms with Gasteiger partial charge in [-0.2, -0.15) is 5.06 Å².